The van der Waals surface area contributed by atoms with Crippen LogP contribution in [0, 0.1) is 10.8 Å². The number of hydrogen-bond acceptors (Lipinski definition) is 3. The molecule has 3 nitrogen and oxygen atoms in total. The Bertz CT molecular complexity index is 245. The molecule has 0 radical (unpaired) electrons. The van der Waals surface area contributed by atoms with Crippen LogP contribution in [0.3, 0.4) is 0 Å². The topological polar surface area (TPSA) is 18.8 Å². The van der Waals surface area contributed by atoms with Gasteiger partial charge in [0.2, 0.25) is 0 Å². The first-order valence-corrected chi connectivity index (χ1v) is 5.64. The normalized spacial score (nSPS) is 22.7. The molecule has 0 saturated heterocycles. The molecule has 1 heterocycles. The summed E-state index contributed by atoms with van der Waals surface area (Å²) in [5.41, 5.74) is 0.525. The van der Waals surface area contributed by atoms with Gasteiger partial charge in [0.05, 0.1) is 0 Å². The maximum Gasteiger partial charge on any atom is 0.123 e. The fourth-order valence-corrected chi connectivity index (χ4v) is 2.22. The molecule has 1 unspecified atom stereocenters. The monoisotopic (exact) mass is 211 g/mol. The lowest BCUT2D eigenvalue weighted by Crippen LogP contribution is -2.49. The molecule has 3 heteroatoms. The highest BCUT2D eigenvalue weighted by Gasteiger charge is 2.37. The van der Waals surface area contributed by atoms with Gasteiger partial charge in [-0.05, 0) is 5.41 Å². The van der Waals surface area contributed by atoms with E-state index >= 15 is 0 Å². The molecule has 1 rings (SSSR count). The first-order chi connectivity index (χ1) is 6.61. The van der Waals surface area contributed by atoms with Gasteiger partial charge in [-0.15, -0.1) is 0 Å². The third kappa shape index (κ3) is 3.11. The second-order valence-corrected chi connectivity index (χ2v) is 6.78. The third-order valence-electron chi connectivity index (χ3n) is 2.48. The summed E-state index contributed by atoms with van der Waals surface area (Å²) in [6, 6.07) is 0. The number of nitrogens with zero attached hydrogens (tertiary/aromatic N) is 3. The first kappa shape index (κ1) is 12.3. The molecule has 0 fully saturated rings. The lowest BCUT2D eigenvalue weighted by Gasteiger charge is -2.40. The molecule has 0 aromatic heterocycles. The van der Waals surface area contributed by atoms with Gasteiger partial charge in [-0.1, -0.05) is 41.5 Å². The Kier molecular flexibility index (Phi) is 3.04. The molecule has 1 aliphatic heterocycles. The second kappa shape index (κ2) is 3.69. The maximum atomic E-state index is 4.38. The van der Waals surface area contributed by atoms with Crippen LogP contribution >= 0.6 is 0 Å². The molecule has 0 bridgehead atoms. The predicted molar refractivity (Wildman–Crippen MR) is 65.7 cm³/mol. The molecule has 0 aliphatic carbocycles. The van der Waals surface area contributed by atoms with Gasteiger partial charge >= 0.3 is 0 Å². The smallest absolute Gasteiger partial charge is 0.123 e. The Hall–Kier alpha value is -0.730. The molecule has 1 aliphatic rings. The van der Waals surface area contributed by atoms with Crippen LogP contribution in [-0.4, -0.2) is 36.0 Å². The fourth-order valence-electron chi connectivity index (χ4n) is 2.22. The van der Waals surface area contributed by atoms with E-state index in [9.17, 15) is 0 Å². The highest BCUT2D eigenvalue weighted by molar-refractivity contribution is 5.57. The van der Waals surface area contributed by atoms with E-state index in [1.807, 2.05) is 6.34 Å². The van der Waals surface area contributed by atoms with Crippen LogP contribution in [0.4, 0.5) is 0 Å². The molecule has 15 heavy (non-hydrogen) atoms. The van der Waals surface area contributed by atoms with E-state index in [1.54, 1.807) is 0 Å². The van der Waals surface area contributed by atoms with E-state index in [-0.39, 0.29) is 5.41 Å². The summed E-state index contributed by atoms with van der Waals surface area (Å²) in [5, 5.41) is 6.45. The zero-order valence-corrected chi connectivity index (χ0v) is 11.2. The number of hydrogen-bond donors (Lipinski definition) is 0. The molecule has 0 spiro atoms. The summed E-state index contributed by atoms with van der Waals surface area (Å²) in [7, 11) is 2.05. The van der Waals surface area contributed by atoms with Gasteiger partial charge in [-0.2, -0.15) is 5.10 Å². The molecule has 0 aromatic rings. The molecular weight excluding hydrogens is 186 g/mol. The van der Waals surface area contributed by atoms with Crippen molar-refractivity contribution in [3.63, 3.8) is 0 Å². The van der Waals surface area contributed by atoms with E-state index < -0.39 is 0 Å². The lowest BCUT2D eigenvalue weighted by molar-refractivity contribution is 0.0402. The maximum absolute atomic E-state index is 4.38. The van der Waals surface area contributed by atoms with Crippen molar-refractivity contribution >= 4 is 6.34 Å². The summed E-state index contributed by atoms with van der Waals surface area (Å²) in [6.07, 6.45) is 2.35. The third-order valence-corrected chi connectivity index (χ3v) is 2.48. The standard InChI is InChI=1S/C12H25N3/c1-11(2,3)8-15-9-13-14(7)10(15)12(4,5)6/h9-10H,8H2,1-7H3. The Morgan fingerprint density at radius 1 is 1.13 bits per heavy atom. The van der Waals surface area contributed by atoms with Crippen molar-refractivity contribution in [2.45, 2.75) is 47.7 Å². The van der Waals surface area contributed by atoms with Gasteiger partial charge in [0, 0.05) is 19.0 Å². The van der Waals surface area contributed by atoms with Gasteiger partial charge in [0.15, 0.2) is 0 Å². The average Bonchev–Trinajstić information content (AvgIpc) is 2.25. The summed E-state index contributed by atoms with van der Waals surface area (Å²) in [6.45, 7) is 14.6. The van der Waals surface area contributed by atoms with Crippen LogP contribution in [0.1, 0.15) is 41.5 Å². The Morgan fingerprint density at radius 2 is 1.67 bits per heavy atom. The minimum Gasteiger partial charge on any atom is -0.338 e. The molecular formula is C12H25N3. The quantitative estimate of drug-likeness (QED) is 0.664. The van der Waals surface area contributed by atoms with Crippen LogP contribution in [0.25, 0.3) is 0 Å². The van der Waals surface area contributed by atoms with Crippen molar-refractivity contribution in [1.29, 1.82) is 0 Å². The van der Waals surface area contributed by atoms with Crippen LogP contribution < -0.4 is 0 Å². The first-order valence-electron chi connectivity index (χ1n) is 5.64. The Morgan fingerprint density at radius 3 is 2.07 bits per heavy atom. The van der Waals surface area contributed by atoms with E-state index in [0.29, 0.717) is 11.6 Å². The molecule has 0 amide bonds. The number of hydrazone groups is 1. The van der Waals surface area contributed by atoms with E-state index in [2.05, 4.69) is 63.6 Å². The van der Waals surface area contributed by atoms with Gasteiger partial charge in [-0.25, -0.2) is 0 Å². The van der Waals surface area contributed by atoms with Crippen LogP contribution in [0.5, 0.6) is 0 Å². The van der Waals surface area contributed by atoms with Gasteiger partial charge in [0.1, 0.15) is 12.5 Å². The van der Waals surface area contributed by atoms with Crippen molar-refractivity contribution in [1.82, 2.24) is 9.91 Å². The summed E-state index contributed by atoms with van der Waals surface area (Å²) in [4.78, 5) is 2.35. The van der Waals surface area contributed by atoms with Crippen molar-refractivity contribution in [2.75, 3.05) is 13.6 Å². The van der Waals surface area contributed by atoms with E-state index in [0.717, 1.165) is 6.54 Å². The summed E-state index contributed by atoms with van der Waals surface area (Å²) < 4.78 is 0. The van der Waals surface area contributed by atoms with Crippen LogP contribution in [-0.2, 0) is 0 Å². The molecule has 0 saturated carbocycles. The molecule has 88 valence electrons. The van der Waals surface area contributed by atoms with Gasteiger partial charge < -0.3 is 4.90 Å². The summed E-state index contributed by atoms with van der Waals surface area (Å²) >= 11 is 0. The fraction of sp³-hybridized carbons (Fsp3) is 0.917. The second-order valence-electron chi connectivity index (χ2n) is 6.78. The zero-order valence-electron chi connectivity index (χ0n) is 11.2. The lowest BCUT2D eigenvalue weighted by atomic mass is 9.89. The Labute approximate surface area is 94.1 Å². The van der Waals surface area contributed by atoms with Crippen molar-refractivity contribution in [2.24, 2.45) is 15.9 Å². The van der Waals surface area contributed by atoms with Crippen LogP contribution in [0.2, 0.25) is 0 Å². The molecule has 0 aromatic carbocycles. The average molecular weight is 211 g/mol. The molecule has 1 atom stereocenters. The van der Waals surface area contributed by atoms with E-state index in [4.69, 9.17) is 0 Å². The van der Waals surface area contributed by atoms with Crippen LogP contribution in [0.15, 0.2) is 5.10 Å². The van der Waals surface area contributed by atoms with Gasteiger partial charge in [0.25, 0.3) is 0 Å². The summed E-state index contributed by atoms with van der Waals surface area (Å²) in [5.74, 6) is 0. The number of rotatable bonds is 1. The zero-order chi connectivity index (χ0) is 11.9. The Balaban J connectivity index is 2.77. The SMILES string of the molecule is CN1N=CN(CC(C)(C)C)C1C(C)(C)C. The minimum atomic E-state index is 0.219. The minimum absolute atomic E-state index is 0.219. The van der Waals surface area contributed by atoms with Crippen molar-refractivity contribution in [3.05, 3.63) is 0 Å². The van der Waals surface area contributed by atoms with E-state index in [1.165, 1.54) is 0 Å². The van der Waals surface area contributed by atoms with Gasteiger partial charge in [-0.3, -0.25) is 5.01 Å². The van der Waals surface area contributed by atoms with Crippen molar-refractivity contribution in [3.8, 4) is 0 Å². The predicted octanol–water partition coefficient (Wildman–Crippen LogP) is 2.60. The highest BCUT2D eigenvalue weighted by Crippen LogP contribution is 2.31. The highest BCUT2D eigenvalue weighted by atomic mass is 15.6. The largest absolute Gasteiger partial charge is 0.338 e. The molecule has 0 N–H and O–H groups in total. The van der Waals surface area contributed by atoms with Crippen molar-refractivity contribution < 1.29 is 0 Å².